The summed E-state index contributed by atoms with van der Waals surface area (Å²) in [6.07, 6.45) is 0. The van der Waals surface area contributed by atoms with E-state index in [2.05, 4.69) is 23.7 Å². The van der Waals surface area contributed by atoms with E-state index in [1.165, 1.54) is 0 Å². The first-order valence-corrected chi connectivity index (χ1v) is 9.38. The van der Waals surface area contributed by atoms with Gasteiger partial charge in [-0.1, -0.05) is 38.0 Å². The topological polar surface area (TPSA) is 29.5 Å². The number of hydrogen-bond acceptors (Lipinski definition) is 3. The Morgan fingerprint density at radius 2 is 2.14 bits per heavy atom. The summed E-state index contributed by atoms with van der Waals surface area (Å²) in [7, 11) is 0. The zero-order chi connectivity index (χ0) is 16.1. The van der Waals surface area contributed by atoms with Gasteiger partial charge >= 0.3 is 0 Å². The Kier molecular flexibility index (Phi) is 6.45. The minimum atomic E-state index is -0.0279. The lowest BCUT2D eigenvalue weighted by Gasteiger charge is -2.23. The molecule has 0 radical (unpaired) electrons. The molecule has 1 aliphatic rings. The maximum atomic E-state index is 12.7. The lowest BCUT2D eigenvalue weighted by molar-refractivity contribution is -0.130. The molecular formula is C17H20INO2S. The Labute approximate surface area is 150 Å². The van der Waals surface area contributed by atoms with E-state index in [1.54, 1.807) is 11.8 Å². The highest BCUT2D eigenvalue weighted by Crippen LogP contribution is 2.47. The summed E-state index contributed by atoms with van der Waals surface area (Å²) in [6.45, 7) is 7.23. The highest BCUT2D eigenvalue weighted by atomic mass is 127. The second-order valence-electron chi connectivity index (χ2n) is 5.36. The minimum absolute atomic E-state index is 0.0179. The molecule has 118 valence electrons. The molecule has 2 atom stereocenters. The fraction of sp³-hybridized carbons (Fsp3) is 0.471. The van der Waals surface area contributed by atoms with Gasteiger partial charge in [-0.05, 0) is 22.8 Å². The predicted molar refractivity (Wildman–Crippen MR) is 100 cm³/mol. The highest BCUT2D eigenvalue weighted by molar-refractivity contribution is 14.1. The van der Waals surface area contributed by atoms with Gasteiger partial charge in [0.2, 0.25) is 5.91 Å². The van der Waals surface area contributed by atoms with Gasteiger partial charge < -0.3 is 9.64 Å². The van der Waals surface area contributed by atoms with E-state index < -0.39 is 0 Å². The molecule has 1 saturated heterocycles. The number of thioether (sulfide) groups is 1. The maximum absolute atomic E-state index is 12.7. The molecule has 1 aromatic rings. The Bertz CT molecular complexity index is 594. The van der Waals surface area contributed by atoms with Crippen LogP contribution in [0.5, 0.6) is 5.75 Å². The van der Waals surface area contributed by atoms with Gasteiger partial charge in [0.25, 0.3) is 0 Å². The predicted octanol–water partition coefficient (Wildman–Crippen LogP) is 4.08. The molecule has 2 unspecified atom stereocenters. The van der Waals surface area contributed by atoms with Crippen molar-refractivity contribution in [1.29, 1.82) is 0 Å². The van der Waals surface area contributed by atoms with Crippen LogP contribution in [0.25, 0.3) is 0 Å². The largest absolute Gasteiger partial charge is 0.493 e. The van der Waals surface area contributed by atoms with Crippen LogP contribution in [0.1, 0.15) is 31.7 Å². The Morgan fingerprint density at radius 1 is 1.41 bits per heavy atom. The summed E-state index contributed by atoms with van der Waals surface area (Å²) in [4.78, 5) is 14.6. The van der Waals surface area contributed by atoms with Gasteiger partial charge in [-0.25, -0.2) is 0 Å². The number of halogens is 1. The zero-order valence-corrected chi connectivity index (χ0v) is 16.0. The Morgan fingerprint density at radius 3 is 2.77 bits per heavy atom. The average Bonchev–Trinajstić information content (AvgIpc) is 2.83. The molecule has 0 aliphatic carbocycles. The standard InChI is InChI=1S/C17H20INO2S/c1-4-21-14-9-6-5-8-13(14)17-19(11-7-10-18)16(20)15(22-17)12(2)3/h5-6,8-9,12,15,17H,4,11H2,1-3H3. The Balaban J connectivity index is 2.37. The van der Waals surface area contributed by atoms with Crippen molar-refractivity contribution in [1.82, 2.24) is 4.90 Å². The summed E-state index contributed by atoms with van der Waals surface area (Å²) in [6, 6.07) is 7.97. The molecule has 22 heavy (non-hydrogen) atoms. The second-order valence-corrected chi connectivity index (χ2v) is 7.13. The smallest absolute Gasteiger partial charge is 0.238 e. The molecule has 3 nitrogen and oxygen atoms in total. The van der Waals surface area contributed by atoms with Crippen LogP contribution in [-0.2, 0) is 4.79 Å². The first kappa shape index (κ1) is 17.5. The minimum Gasteiger partial charge on any atom is -0.493 e. The van der Waals surface area contributed by atoms with Crippen LogP contribution >= 0.6 is 34.4 Å². The van der Waals surface area contributed by atoms with Gasteiger partial charge in [0.1, 0.15) is 11.1 Å². The van der Waals surface area contributed by atoms with Crippen molar-refractivity contribution in [2.24, 2.45) is 5.92 Å². The maximum Gasteiger partial charge on any atom is 0.238 e. The number of nitrogens with zero attached hydrogens (tertiary/aromatic N) is 1. The van der Waals surface area contributed by atoms with Gasteiger partial charge in [-0.15, -0.1) is 11.8 Å². The molecule has 0 N–H and O–H groups in total. The quantitative estimate of drug-likeness (QED) is 0.522. The summed E-state index contributed by atoms with van der Waals surface area (Å²) < 4.78 is 8.60. The zero-order valence-electron chi connectivity index (χ0n) is 13.0. The number of ether oxygens (including phenoxy) is 1. The van der Waals surface area contributed by atoms with E-state index in [0.29, 0.717) is 19.1 Å². The van der Waals surface area contributed by atoms with E-state index >= 15 is 0 Å². The van der Waals surface area contributed by atoms with Crippen LogP contribution < -0.4 is 4.74 Å². The van der Waals surface area contributed by atoms with E-state index in [0.717, 1.165) is 11.3 Å². The summed E-state index contributed by atoms with van der Waals surface area (Å²) >= 11 is 3.72. The molecule has 5 heteroatoms. The lowest BCUT2D eigenvalue weighted by atomic mass is 10.1. The van der Waals surface area contributed by atoms with Crippen LogP contribution in [0.3, 0.4) is 0 Å². The summed E-state index contributed by atoms with van der Waals surface area (Å²) in [5.74, 6) is 4.35. The number of amides is 1. The van der Waals surface area contributed by atoms with Crippen molar-refractivity contribution in [3.63, 3.8) is 0 Å². The van der Waals surface area contributed by atoms with Crippen LogP contribution in [0, 0.1) is 15.8 Å². The van der Waals surface area contributed by atoms with Crippen LogP contribution in [0.2, 0.25) is 0 Å². The van der Waals surface area contributed by atoms with Gasteiger partial charge in [-0.3, -0.25) is 4.79 Å². The fourth-order valence-corrected chi connectivity index (χ4v) is 4.16. The molecule has 0 spiro atoms. The van der Waals surface area contributed by atoms with Crippen molar-refractivity contribution in [2.45, 2.75) is 31.4 Å². The number of para-hydroxylation sites is 1. The summed E-state index contributed by atoms with van der Waals surface area (Å²) in [5, 5.41) is -0.0457. The molecule has 1 aromatic carbocycles. The summed E-state index contributed by atoms with van der Waals surface area (Å²) in [5.41, 5.74) is 1.06. The lowest BCUT2D eigenvalue weighted by Crippen LogP contribution is -2.33. The second kappa shape index (κ2) is 8.11. The van der Waals surface area contributed by atoms with E-state index in [-0.39, 0.29) is 16.5 Å². The molecule has 1 heterocycles. The van der Waals surface area contributed by atoms with Crippen molar-refractivity contribution in [2.75, 3.05) is 13.2 Å². The Hall–Kier alpha value is -0.870. The highest BCUT2D eigenvalue weighted by Gasteiger charge is 2.42. The monoisotopic (exact) mass is 429 g/mol. The third-order valence-electron chi connectivity index (χ3n) is 3.49. The van der Waals surface area contributed by atoms with Crippen molar-refractivity contribution >= 4 is 40.3 Å². The third-order valence-corrected chi connectivity index (χ3v) is 5.68. The number of benzene rings is 1. The average molecular weight is 429 g/mol. The normalized spacial score (nSPS) is 21.0. The molecule has 0 saturated carbocycles. The van der Waals surface area contributed by atoms with Crippen molar-refractivity contribution in [3.05, 3.63) is 29.8 Å². The van der Waals surface area contributed by atoms with Crippen LogP contribution in [-0.4, -0.2) is 29.2 Å². The molecule has 0 bridgehead atoms. The first-order chi connectivity index (χ1) is 10.6. The number of hydrogen-bond donors (Lipinski definition) is 0. The SMILES string of the molecule is CCOc1ccccc1C1SC(C(C)C)C(=O)N1CC#CI. The fourth-order valence-electron chi connectivity index (χ4n) is 2.48. The van der Waals surface area contributed by atoms with Gasteiger partial charge in [0.05, 0.1) is 18.4 Å². The van der Waals surface area contributed by atoms with E-state index in [1.807, 2.05) is 58.7 Å². The number of rotatable bonds is 5. The molecule has 0 aromatic heterocycles. The molecule has 1 fully saturated rings. The molecule has 2 rings (SSSR count). The number of carbonyl (C=O) groups is 1. The van der Waals surface area contributed by atoms with Gasteiger partial charge in [-0.2, -0.15) is 0 Å². The van der Waals surface area contributed by atoms with Crippen LogP contribution in [0.4, 0.5) is 0 Å². The third kappa shape index (κ3) is 3.72. The number of carbonyl (C=O) groups excluding carboxylic acids is 1. The molecule has 1 amide bonds. The van der Waals surface area contributed by atoms with Gasteiger partial charge in [0, 0.05) is 28.2 Å². The molecular weight excluding hydrogens is 409 g/mol. The molecule has 1 aliphatic heterocycles. The van der Waals surface area contributed by atoms with Gasteiger partial charge in [0.15, 0.2) is 0 Å². The van der Waals surface area contributed by atoms with E-state index in [9.17, 15) is 4.79 Å². The van der Waals surface area contributed by atoms with Crippen LogP contribution in [0.15, 0.2) is 24.3 Å². The first-order valence-electron chi connectivity index (χ1n) is 7.36. The van der Waals surface area contributed by atoms with E-state index in [4.69, 9.17) is 4.74 Å². The van der Waals surface area contributed by atoms with Crippen molar-refractivity contribution < 1.29 is 9.53 Å². The van der Waals surface area contributed by atoms with Crippen molar-refractivity contribution in [3.8, 4) is 15.6 Å².